The van der Waals surface area contributed by atoms with Crippen LogP contribution in [0.1, 0.15) is 11.1 Å². The third-order valence-electron chi connectivity index (χ3n) is 2.45. The molecule has 1 aromatic rings. The van der Waals surface area contributed by atoms with Gasteiger partial charge in [0.05, 0.1) is 25.0 Å². The molecule has 0 spiro atoms. The number of amides is 1. The lowest BCUT2D eigenvalue weighted by Crippen LogP contribution is -2.33. The van der Waals surface area contributed by atoms with Crippen LogP contribution in [0.2, 0.25) is 0 Å². The number of hydrogen-bond acceptors (Lipinski definition) is 5. The van der Waals surface area contributed by atoms with Gasteiger partial charge in [-0.15, -0.1) is 0 Å². The van der Waals surface area contributed by atoms with Crippen molar-refractivity contribution in [2.24, 2.45) is 5.84 Å². The Morgan fingerprint density at radius 3 is 2.82 bits per heavy atom. The van der Waals surface area contributed by atoms with Crippen molar-refractivity contribution in [2.75, 3.05) is 11.3 Å². The summed E-state index contributed by atoms with van der Waals surface area (Å²) in [6.07, 6.45) is 1.23. The van der Waals surface area contributed by atoms with E-state index in [9.17, 15) is 13.2 Å². The van der Waals surface area contributed by atoms with E-state index >= 15 is 0 Å². The smallest absolute Gasteiger partial charge is 0.264 e. The van der Waals surface area contributed by atoms with E-state index in [0.717, 1.165) is 16.8 Å². The number of carbonyl (C=O) groups is 1. The quantitative estimate of drug-likeness (QED) is 0.464. The van der Waals surface area contributed by atoms with Crippen LogP contribution >= 0.6 is 0 Å². The topological polar surface area (TPSA) is 89.7 Å². The molecule has 7 heteroatoms. The van der Waals surface area contributed by atoms with Crippen LogP contribution in [0.25, 0.3) is 0 Å². The van der Waals surface area contributed by atoms with Crippen LogP contribution in [0.3, 0.4) is 0 Å². The highest BCUT2D eigenvalue weighted by molar-refractivity contribution is 7.85. The summed E-state index contributed by atoms with van der Waals surface area (Å²) >= 11 is 0. The predicted octanol–water partition coefficient (Wildman–Crippen LogP) is -0.0744. The van der Waals surface area contributed by atoms with Crippen molar-refractivity contribution < 1.29 is 17.4 Å². The fraction of sp³-hybridized carbons (Fsp3) is 0.300. The lowest BCUT2D eigenvalue weighted by Gasteiger charge is -2.09. The fourth-order valence-electron chi connectivity index (χ4n) is 1.66. The molecule has 6 nitrogen and oxygen atoms in total. The number of benzene rings is 1. The number of hydrazine groups is 1. The van der Waals surface area contributed by atoms with Crippen molar-refractivity contribution >= 4 is 21.7 Å². The molecule has 0 bridgehead atoms. The van der Waals surface area contributed by atoms with Gasteiger partial charge >= 0.3 is 0 Å². The van der Waals surface area contributed by atoms with Crippen molar-refractivity contribution in [3.05, 3.63) is 29.3 Å². The van der Waals surface area contributed by atoms with Crippen LogP contribution in [-0.4, -0.2) is 20.6 Å². The first-order valence-electron chi connectivity index (χ1n) is 4.91. The van der Waals surface area contributed by atoms with Gasteiger partial charge in [-0.25, -0.2) is 10.9 Å². The van der Waals surface area contributed by atoms with Crippen LogP contribution in [-0.2, 0) is 32.1 Å². The average Bonchev–Trinajstić information content (AvgIpc) is 2.51. The van der Waals surface area contributed by atoms with Gasteiger partial charge in [0.2, 0.25) is 5.91 Å². The van der Waals surface area contributed by atoms with E-state index in [1.807, 2.05) is 0 Å². The molecule has 1 aromatic carbocycles. The Bertz CT molecular complexity index is 568. The van der Waals surface area contributed by atoms with E-state index in [4.69, 9.17) is 5.84 Å². The molecule has 1 amide bonds. The SMILES string of the molecule is CS(=O)(=O)OCc1ccc2c(c1)CC(=O)N2N. The number of nitrogens with two attached hydrogens (primary N) is 1. The highest BCUT2D eigenvalue weighted by Crippen LogP contribution is 2.27. The van der Waals surface area contributed by atoms with Crippen LogP contribution in [0.5, 0.6) is 0 Å². The Morgan fingerprint density at radius 2 is 2.18 bits per heavy atom. The summed E-state index contributed by atoms with van der Waals surface area (Å²) in [6, 6.07) is 5.09. The molecule has 1 heterocycles. The summed E-state index contributed by atoms with van der Waals surface area (Å²) < 4.78 is 26.3. The predicted molar refractivity (Wildman–Crippen MR) is 61.5 cm³/mol. The summed E-state index contributed by atoms with van der Waals surface area (Å²) in [5.41, 5.74) is 2.13. The maximum atomic E-state index is 11.3. The van der Waals surface area contributed by atoms with Crippen molar-refractivity contribution in [1.29, 1.82) is 0 Å². The minimum atomic E-state index is -3.46. The maximum Gasteiger partial charge on any atom is 0.264 e. The Labute approximate surface area is 99.1 Å². The minimum Gasteiger partial charge on any atom is -0.273 e. The number of anilines is 1. The second-order valence-electron chi connectivity index (χ2n) is 3.87. The lowest BCUT2D eigenvalue weighted by atomic mass is 10.1. The monoisotopic (exact) mass is 256 g/mol. The van der Waals surface area contributed by atoms with Gasteiger partial charge in [-0.3, -0.25) is 8.98 Å². The van der Waals surface area contributed by atoms with Gasteiger partial charge in [0.25, 0.3) is 10.1 Å². The summed E-state index contributed by atoms with van der Waals surface area (Å²) in [5, 5.41) is 1.09. The van der Waals surface area contributed by atoms with Crippen molar-refractivity contribution in [1.82, 2.24) is 0 Å². The highest BCUT2D eigenvalue weighted by atomic mass is 32.2. The highest BCUT2D eigenvalue weighted by Gasteiger charge is 2.24. The zero-order valence-electron chi connectivity index (χ0n) is 9.21. The van der Waals surface area contributed by atoms with Crippen LogP contribution in [0, 0.1) is 0 Å². The average molecular weight is 256 g/mol. The van der Waals surface area contributed by atoms with Crippen molar-refractivity contribution in [3.8, 4) is 0 Å². The Balaban J connectivity index is 2.19. The minimum absolute atomic E-state index is 0.0368. The number of hydrogen-bond donors (Lipinski definition) is 1. The standard InChI is InChI=1S/C10H12N2O4S/c1-17(14,15)16-6-7-2-3-9-8(4-7)5-10(13)12(9)11/h2-4H,5-6,11H2,1H3. The molecule has 0 aliphatic carbocycles. The largest absolute Gasteiger partial charge is 0.273 e. The molecule has 0 unspecified atom stereocenters. The molecule has 0 saturated carbocycles. The third-order valence-corrected chi connectivity index (χ3v) is 3.00. The molecule has 0 aromatic heterocycles. The van der Waals surface area contributed by atoms with Gasteiger partial charge in [0, 0.05) is 0 Å². The second kappa shape index (κ2) is 4.10. The van der Waals surface area contributed by atoms with Crippen LogP contribution in [0.4, 0.5) is 5.69 Å². The van der Waals surface area contributed by atoms with Gasteiger partial charge < -0.3 is 0 Å². The molecule has 0 radical (unpaired) electrons. The first-order valence-corrected chi connectivity index (χ1v) is 6.72. The fourth-order valence-corrected chi connectivity index (χ4v) is 2.01. The molecule has 0 atom stereocenters. The van der Waals surface area contributed by atoms with E-state index in [1.165, 1.54) is 0 Å². The van der Waals surface area contributed by atoms with E-state index in [-0.39, 0.29) is 18.9 Å². The number of carbonyl (C=O) groups excluding carboxylic acids is 1. The van der Waals surface area contributed by atoms with E-state index in [2.05, 4.69) is 4.18 Å². The van der Waals surface area contributed by atoms with Crippen LogP contribution < -0.4 is 10.9 Å². The first kappa shape index (κ1) is 12.0. The Kier molecular flexibility index (Phi) is 2.90. The molecule has 92 valence electrons. The Hall–Kier alpha value is -1.44. The molecule has 17 heavy (non-hydrogen) atoms. The summed E-state index contributed by atoms with van der Waals surface area (Å²) in [7, 11) is -3.46. The Morgan fingerprint density at radius 1 is 1.47 bits per heavy atom. The van der Waals surface area contributed by atoms with E-state index in [1.54, 1.807) is 18.2 Å². The summed E-state index contributed by atoms with van der Waals surface area (Å²) in [5.74, 6) is 5.36. The van der Waals surface area contributed by atoms with Crippen molar-refractivity contribution in [2.45, 2.75) is 13.0 Å². The van der Waals surface area contributed by atoms with E-state index < -0.39 is 10.1 Å². The third kappa shape index (κ3) is 2.63. The molecule has 0 fully saturated rings. The van der Waals surface area contributed by atoms with Gasteiger partial charge in [-0.2, -0.15) is 8.42 Å². The maximum absolute atomic E-state index is 11.3. The van der Waals surface area contributed by atoms with Gasteiger partial charge in [0.15, 0.2) is 0 Å². The van der Waals surface area contributed by atoms with E-state index in [0.29, 0.717) is 11.3 Å². The molecular formula is C10H12N2O4S. The summed E-state index contributed by atoms with van der Waals surface area (Å²) in [4.78, 5) is 11.3. The summed E-state index contributed by atoms with van der Waals surface area (Å²) in [6.45, 7) is -0.0368. The van der Waals surface area contributed by atoms with Gasteiger partial charge in [-0.1, -0.05) is 12.1 Å². The first-order chi connectivity index (χ1) is 7.87. The second-order valence-corrected chi connectivity index (χ2v) is 5.51. The van der Waals surface area contributed by atoms with Crippen molar-refractivity contribution in [3.63, 3.8) is 0 Å². The zero-order chi connectivity index (χ0) is 12.6. The number of fused-ring (bicyclic) bond motifs is 1. The molecule has 2 rings (SSSR count). The zero-order valence-corrected chi connectivity index (χ0v) is 10.0. The molecule has 1 aliphatic rings. The molecule has 2 N–H and O–H groups in total. The molecule has 1 aliphatic heterocycles. The normalized spacial score (nSPS) is 15.2. The van der Waals surface area contributed by atoms with Gasteiger partial charge in [0.1, 0.15) is 0 Å². The lowest BCUT2D eigenvalue weighted by molar-refractivity contribution is -0.117. The number of nitrogens with zero attached hydrogens (tertiary/aromatic N) is 1. The number of rotatable bonds is 3. The van der Waals surface area contributed by atoms with Crippen LogP contribution in [0.15, 0.2) is 18.2 Å². The molecule has 0 saturated heterocycles. The van der Waals surface area contributed by atoms with Gasteiger partial charge in [-0.05, 0) is 17.2 Å². The molecular weight excluding hydrogens is 244 g/mol.